The van der Waals surface area contributed by atoms with Crippen molar-refractivity contribution in [2.24, 2.45) is 0 Å². The molecule has 1 aromatic heterocycles. The van der Waals surface area contributed by atoms with E-state index in [0.717, 1.165) is 4.88 Å². The predicted octanol–water partition coefficient (Wildman–Crippen LogP) is 4.59. The van der Waals surface area contributed by atoms with E-state index in [4.69, 9.17) is 11.6 Å². The first kappa shape index (κ1) is 19.3. The van der Waals surface area contributed by atoms with Gasteiger partial charge in [0.05, 0.1) is 10.9 Å². The van der Waals surface area contributed by atoms with E-state index in [-0.39, 0.29) is 18.0 Å². The Morgan fingerprint density at radius 2 is 1.84 bits per heavy atom. The number of benzene rings is 1. The van der Waals surface area contributed by atoms with Gasteiger partial charge in [0.15, 0.2) is 0 Å². The summed E-state index contributed by atoms with van der Waals surface area (Å²) in [6.45, 7) is 6.86. The molecule has 0 aliphatic rings. The fourth-order valence-corrected chi connectivity index (χ4v) is 3.36. The summed E-state index contributed by atoms with van der Waals surface area (Å²) in [6, 6.07) is 10.5. The van der Waals surface area contributed by atoms with Crippen LogP contribution in [0.2, 0.25) is 4.34 Å². The number of nitrogens with one attached hydrogen (secondary N) is 2. The molecule has 134 valence electrons. The van der Waals surface area contributed by atoms with E-state index in [1.165, 1.54) is 11.3 Å². The Balaban J connectivity index is 2.01. The lowest BCUT2D eigenvalue weighted by Gasteiger charge is -2.20. The highest BCUT2D eigenvalue weighted by Crippen LogP contribution is 2.23. The van der Waals surface area contributed by atoms with Crippen LogP contribution < -0.4 is 10.6 Å². The summed E-state index contributed by atoms with van der Waals surface area (Å²) in [7, 11) is 0. The Morgan fingerprint density at radius 1 is 1.16 bits per heavy atom. The molecule has 25 heavy (non-hydrogen) atoms. The summed E-state index contributed by atoms with van der Waals surface area (Å²) >= 11 is 7.42. The summed E-state index contributed by atoms with van der Waals surface area (Å²) in [5.41, 5.74) is 1.22. The number of rotatable bonds is 6. The standard InChI is InChI=1S/C18H22ClN3O2S/c1-4-22(11-15-9-10-16(19)25-15)17(23)13-5-7-14(8-6-13)21-18(24)20-12(2)3/h5-10,12H,4,11H2,1-3H3,(H2,20,21,24). The van der Waals surface area contributed by atoms with E-state index in [2.05, 4.69) is 10.6 Å². The van der Waals surface area contributed by atoms with Crippen molar-refractivity contribution in [3.63, 3.8) is 0 Å². The molecule has 3 amide bonds. The van der Waals surface area contributed by atoms with Crippen LogP contribution in [-0.2, 0) is 6.54 Å². The molecule has 0 radical (unpaired) electrons. The third kappa shape index (κ3) is 5.76. The fraction of sp³-hybridized carbons (Fsp3) is 0.333. The lowest BCUT2D eigenvalue weighted by molar-refractivity contribution is 0.0754. The zero-order chi connectivity index (χ0) is 18.4. The maximum Gasteiger partial charge on any atom is 0.319 e. The van der Waals surface area contributed by atoms with Crippen LogP contribution in [0.1, 0.15) is 36.0 Å². The molecule has 1 aromatic carbocycles. The predicted molar refractivity (Wildman–Crippen MR) is 103 cm³/mol. The zero-order valence-electron chi connectivity index (χ0n) is 14.5. The molecule has 0 atom stereocenters. The molecule has 1 heterocycles. The molecular weight excluding hydrogens is 358 g/mol. The van der Waals surface area contributed by atoms with Crippen LogP contribution in [0.15, 0.2) is 36.4 Å². The first-order valence-electron chi connectivity index (χ1n) is 8.10. The number of hydrogen-bond acceptors (Lipinski definition) is 3. The van der Waals surface area contributed by atoms with Gasteiger partial charge in [0.2, 0.25) is 0 Å². The molecule has 0 aliphatic heterocycles. The van der Waals surface area contributed by atoms with Crippen LogP contribution in [0.4, 0.5) is 10.5 Å². The van der Waals surface area contributed by atoms with Crippen molar-refractivity contribution in [1.82, 2.24) is 10.2 Å². The van der Waals surface area contributed by atoms with E-state index >= 15 is 0 Å². The first-order chi connectivity index (χ1) is 11.9. The zero-order valence-corrected chi connectivity index (χ0v) is 16.1. The molecule has 2 N–H and O–H groups in total. The van der Waals surface area contributed by atoms with Crippen molar-refractivity contribution in [2.75, 3.05) is 11.9 Å². The maximum absolute atomic E-state index is 12.7. The highest BCUT2D eigenvalue weighted by Gasteiger charge is 2.15. The normalized spacial score (nSPS) is 10.6. The topological polar surface area (TPSA) is 61.4 Å². The van der Waals surface area contributed by atoms with Gasteiger partial charge in [0.25, 0.3) is 5.91 Å². The van der Waals surface area contributed by atoms with Crippen LogP contribution in [0.5, 0.6) is 0 Å². The average molecular weight is 380 g/mol. The van der Waals surface area contributed by atoms with E-state index < -0.39 is 0 Å². The number of carbonyl (C=O) groups excluding carboxylic acids is 2. The summed E-state index contributed by atoms with van der Waals surface area (Å²) in [6.07, 6.45) is 0. The van der Waals surface area contributed by atoms with Gasteiger partial charge in [0.1, 0.15) is 0 Å². The highest BCUT2D eigenvalue weighted by atomic mass is 35.5. The molecule has 2 aromatic rings. The molecule has 7 heteroatoms. The van der Waals surface area contributed by atoms with Gasteiger partial charge in [-0.2, -0.15) is 0 Å². The molecule has 2 rings (SSSR count). The minimum absolute atomic E-state index is 0.0507. The second kappa shape index (κ2) is 8.87. The van der Waals surface area contributed by atoms with E-state index in [9.17, 15) is 9.59 Å². The molecule has 0 aliphatic carbocycles. The van der Waals surface area contributed by atoms with Crippen molar-refractivity contribution in [3.05, 3.63) is 51.2 Å². The minimum atomic E-state index is -0.265. The van der Waals surface area contributed by atoms with E-state index in [1.807, 2.05) is 32.9 Å². The van der Waals surface area contributed by atoms with Gasteiger partial charge in [-0.1, -0.05) is 11.6 Å². The third-order valence-corrected chi connectivity index (χ3v) is 4.67. The second-order valence-electron chi connectivity index (χ2n) is 5.86. The number of amides is 3. The number of carbonyl (C=O) groups is 2. The van der Waals surface area contributed by atoms with Crippen LogP contribution >= 0.6 is 22.9 Å². The number of urea groups is 1. The van der Waals surface area contributed by atoms with Gasteiger partial charge in [-0.25, -0.2) is 4.79 Å². The summed E-state index contributed by atoms with van der Waals surface area (Å²) in [4.78, 5) is 27.2. The summed E-state index contributed by atoms with van der Waals surface area (Å²) < 4.78 is 0.716. The van der Waals surface area contributed by atoms with Gasteiger partial charge >= 0.3 is 6.03 Å². The van der Waals surface area contributed by atoms with Crippen molar-refractivity contribution in [1.29, 1.82) is 0 Å². The number of anilines is 1. The number of hydrogen-bond donors (Lipinski definition) is 2. The van der Waals surface area contributed by atoms with Crippen LogP contribution in [-0.4, -0.2) is 29.4 Å². The third-order valence-electron chi connectivity index (χ3n) is 3.45. The van der Waals surface area contributed by atoms with Gasteiger partial charge in [-0.05, 0) is 57.2 Å². The van der Waals surface area contributed by atoms with Gasteiger partial charge in [-0.3, -0.25) is 4.79 Å². The van der Waals surface area contributed by atoms with Gasteiger partial charge in [0, 0.05) is 28.7 Å². The van der Waals surface area contributed by atoms with Crippen molar-refractivity contribution in [2.45, 2.75) is 33.4 Å². The Labute approximate surface area is 157 Å². The largest absolute Gasteiger partial charge is 0.336 e. The molecule has 0 unspecified atom stereocenters. The molecule has 5 nitrogen and oxygen atoms in total. The van der Waals surface area contributed by atoms with E-state index in [0.29, 0.717) is 28.7 Å². The van der Waals surface area contributed by atoms with Crippen molar-refractivity contribution < 1.29 is 9.59 Å². The summed E-state index contributed by atoms with van der Waals surface area (Å²) in [5.74, 6) is -0.0507. The SMILES string of the molecule is CCN(Cc1ccc(Cl)s1)C(=O)c1ccc(NC(=O)NC(C)C)cc1. The average Bonchev–Trinajstić information content (AvgIpc) is 2.97. The molecule has 0 saturated heterocycles. The molecule has 0 fully saturated rings. The highest BCUT2D eigenvalue weighted by molar-refractivity contribution is 7.16. The molecule has 0 spiro atoms. The Kier molecular flexibility index (Phi) is 6.84. The molecular formula is C18H22ClN3O2S. The molecule has 0 bridgehead atoms. The fourth-order valence-electron chi connectivity index (χ4n) is 2.26. The number of thiophene rings is 1. The smallest absolute Gasteiger partial charge is 0.319 e. The summed E-state index contributed by atoms with van der Waals surface area (Å²) in [5, 5.41) is 5.49. The lowest BCUT2D eigenvalue weighted by atomic mass is 10.1. The monoisotopic (exact) mass is 379 g/mol. The number of nitrogens with zero attached hydrogens (tertiary/aromatic N) is 1. The maximum atomic E-state index is 12.7. The second-order valence-corrected chi connectivity index (χ2v) is 7.66. The Morgan fingerprint density at radius 3 is 2.36 bits per heavy atom. The van der Waals surface area contributed by atoms with Crippen molar-refractivity contribution in [3.8, 4) is 0 Å². The number of halogens is 1. The van der Waals surface area contributed by atoms with Crippen LogP contribution in [0, 0.1) is 0 Å². The minimum Gasteiger partial charge on any atom is -0.336 e. The Hall–Kier alpha value is -2.05. The van der Waals surface area contributed by atoms with Gasteiger partial charge < -0.3 is 15.5 Å². The van der Waals surface area contributed by atoms with E-state index in [1.54, 1.807) is 29.2 Å². The van der Waals surface area contributed by atoms with Gasteiger partial charge in [-0.15, -0.1) is 11.3 Å². The van der Waals surface area contributed by atoms with Crippen LogP contribution in [0.3, 0.4) is 0 Å². The quantitative estimate of drug-likeness (QED) is 0.770. The van der Waals surface area contributed by atoms with Crippen molar-refractivity contribution >= 4 is 40.6 Å². The lowest BCUT2D eigenvalue weighted by Crippen LogP contribution is -2.34. The van der Waals surface area contributed by atoms with Crippen LogP contribution in [0.25, 0.3) is 0 Å². The first-order valence-corrected chi connectivity index (χ1v) is 9.29. The Bertz CT molecular complexity index is 728. The molecule has 0 saturated carbocycles.